The van der Waals surface area contributed by atoms with Crippen LogP contribution in [0.2, 0.25) is 0 Å². The molecule has 188 valence electrons. The maximum Gasteiger partial charge on any atom is 0.305 e. The first kappa shape index (κ1) is 25.1. The van der Waals surface area contributed by atoms with E-state index >= 15 is 0 Å². The lowest BCUT2D eigenvalue weighted by molar-refractivity contribution is -0.142. The first-order valence-corrected chi connectivity index (χ1v) is 12.0. The lowest BCUT2D eigenvalue weighted by Crippen LogP contribution is -2.46. The molecule has 0 saturated carbocycles. The van der Waals surface area contributed by atoms with Crippen LogP contribution in [0.4, 0.5) is 0 Å². The maximum absolute atomic E-state index is 13.1. The molecule has 9 nitrogen and oxygen atoms in total. The Morgan fingerprint density at radius 2 is 1.94 bits per heavy atom. The molecule has 2 heterocycles. The fourth-order valence-electron chi connectivity index (χ4n) is 4.81. The van der Waals surface area contributed by atoms with E-state index in [1.54, 1.807) is 6.08 Å². The van der Waals surface area contributed by atoms with Gasteiger partial charge in [0.05, 0.1) is 33.0 Å². The van der Waals surface area contributed by atoms with E-state index in [0.29, 0.717) is 18.6 Å². The molecule has 0 spiro atoms. The molecule has 0 aromatic heterocycles. The van der Waals surface area contributed by atoms with Crippen molar-refractivity contribution < 1.29 is 28.6 Å². The van der Waals surface area contributed by atoms with Crippen LogP contribution in [-0.2, 0) is 41.7 Å². The van der Waals surface area contributed by atoms with E-state index in [1.165, 1.54) is 17.6 Å². The van der Waals surface area contributed by atoms with Gasteiger partial charge in [0.15, 0.2) is 0 Å². The van der Waals surface area contributed by atoms with Crippen molar-refractivity contribution in [1.82, 2.24) is 9.80 Å². The van der Waals surface area contributed by atoms with Crippen molar-refractivity contribution >= 4 is 17.8 Å². The van der Waals surface area contributed by atoms with Gasteiger partial charge in [-0.1, -0.05) is 36.4 Å². The standard InChI is InChI=1S/C26H33N3O6/c1-33-24(30)10-9-22(25(27)31)29-16-21-20(26(29)32)7-4-8-23(21)35-17-19-6-3-2-5-18(19)15-28-11-13-34-14-12-28/h2-7,22-23H,8-17H2,1H3,(H2,27,31). The van der Waals surface area contributed by atoms with Crippen molar-refractivity contribution in [3.63, 3.8) is 0 Å². The topological polar surface area (TPSA) is 111 Å². The van der Waals surface area contributed by atoms with Crippen LogP contribution in [0.3, 0.4) is 0 Å². The van der Waals surface area contributed by atoms with Gasteiger partial charge in [-0.3, -0.25) is 19.3 Å². The van der Waals surface area contributed by atoms with Crippen LogP contribution < -0.4 is 5.73 Å². The number of benzene rings is 1. The Hall–Kier alpha value is -3.01. The number of hydrogen-bond donors (Lipinski definition) is 1. The van der Waals surface area contributed by atoms with E-state index in [4.69, 9.17) is 15.2 Å². The number of ether oxygens (including phenoxy) is 3. The highest BCUT2D eigenvalue weighted by molar-refractivity contribution is 6.02. The summed E-state index contributed by atoms with van der Waals surface area (Å²) >= 11 is 0. The molecule has 1 aromatic carbocycles. The van der Waals surface area contributed by atoms with Gasteiger partial charge in [-0.2, -0.15) is 0 Å². The summed E-state index contributed by atoms with van der Waals surface area (Å²) in [6, 6.07) is 7.36. The molecule has 1 saturated heterocycles. The van der Waals surface area contributed by atoms with Gasteiger partial charge in [0.25, 0.3) is 5.91 Å². The Kier molecular flexibility index (Phi) is 8.33. The maximum atomic E-state index is 13.1. The summed E-state index contributed by atoms with van der Waals surface area (Å²) in [5, 5.41) is 0. The molecule has 2 atom stereocenters. The molecule has 0 radical (unpaired) electrons. The number of primary amides is 1. The minimum Gasteiger partial charge on any atom is -0.469 e. The van der Waals surface area contributed by atoms with E-state index in [0.717, 1.165) is 44.0 Å². The van der Waals surface area contributed by atoms with E-state index < -0.39 is 17.9 Å². The average molecular weight is 484 g/mol. The van der Waals surface area contributed by atoms with Gasteiger partial charge in [0.2, 0.25) is 5.91 Å². The number of esters is 1. The van der Waals surface area contributed by atoms with Crippen LogP contribution in [0.25, 0.3) is 0 Å². The summed E-state index contributed by atoms with van der Waals surface area (Å²) in [4.78, 5) is 40.7. The van der Waals surface area contributed by atoms with E-state index in [1.807, 2.05) is 18.2 Å². The predicted octanol–water partition coefficient (Wildman–Crippen LogP) is 1.31. The van der Waals surface area contributed by atoms with Gasteiger partial charge in [-0.25, -0.2) is 0 Å². The minimum atomic E-state index is -0.879. The van der Waals surface area contributed by atoms with Gasteiger partial charge in [0.1, 0.15) is 6.04 Å². The molecule has 1 aliphatic carbocycles. The number of rotatable bonds is 10. The molecule has 2 N–H and O–H groups in total. The molecule has 2 amide bonds. The van der Waals surface area contributed by atoms with E-state index in [-0.39, 0.29) is 31.4 Å². The summed E-state index contributed by atoms with van der Waals surface area (Å²) in [5.74, 6) is -1.34. The van der Waals surface area contributed by atoms with Gasteiger partial charge < -0.3 is 24.8 Å². The number of methoxy groups -OCH3 is 1. The molecule has 1 fully saturated rings. The van der Waals surface area contributed by atoms with Crippen molar-refractivity contribution in [2.24, 2.45) is 5.73 Å². The summed E-state index contributed by atoms with van der Waals surface area (Å²) in [6.07, 6.45) is 4.23. The number of nitrogens with zero attached hydrogens (tertiary/aromatic N) is 2. The zero-order valence-corrected chi connectivity index (χ0v) is 20.1. The first-order chi connectivity index (χ1) is 17.0. The monoisotopic (exact) mass is 483 g/mol. The number of morpholine rings is 1. The predicted molar refractivity (Wildman–Crippen MR) is 128 cm³/mol. The molecule has 9 heteroatoms. The number of carbonyl (C=O) groups is 3. The third-order valence-electron chi connectivity index (χ3n) is 6.81. The van der Waals surface area contributed by atoms with Crippen molar-refractivity contribution in [2.75, 3.05) is 40.0 Å². The largest absolute Gasteiger partial charge is 0.469 e. The SMILES string of the molecule is COC(=O)CCC(C(N)=O)N1CC2=C(C=CCC2OCc2ccccc2CN2CCOCC2)C1=O. The number of amides is 2. The Labute approximate surface area is 205 Å². The molecular formula is C26H33N3O6. The van der Waals surface area contributed by atoms with Crippen LogP contribution in [0.1, 0.15) is 30.4 Å². The second kappa shape index (κ2) is 11.6. The quantitative estimate of drug-likeness (QED) is 0.500. The average Bonchev–Trinajstić information content (AvgIpc) is 3.20. The molecule has 3 aliphatic rings. The number of nitrogens with two attached hydrogens (primary N) is 1. The second-order valence-electron chi connectivity index (χ2n) is 9.00. The summed E-state index contributed by atoms with van der Waals surface area (Å²) in [7, 11) is 1.29. The zero-order chi connectivity index (χ0) is 24.8. The van der Waals surface area contributed by atoms with E-state index in [9.17, 15) is 14.4 Å². The van der Waals surface area contributed by atoms with Crippen LogP contribution in [0.15, 0.2) is 47.6 Å². The van der Waals surface area contributed by atoms with Crippen LogP contribution in [-0.4, -0.2) is 79.7 Å². The molecule has 1 aromatic rings. The van der Waals surface area contributed by atoms with Gasteiger partial charge in [0, 0.05) is 38.2 Å². The van der Waals surface area contributed by atoms with Gasteiger partial charge >= 0.3 is 5.97 Å². The molecule has 2 aliphatic heterocycles. The van der Waals surface area contributed by atoms with Crippen molar-refractivity contribution in [2.45, 2.75) is 44.6 Å². The highest BCUT2D eigenvalue weighted by atomic mass is 16.5. The van der Waals surface area contributed by atoms with Gasteiger partial charge in [-0.15, -0.1) is 0 Å². The number of carbonyl (C=O) groups excluding carboxylic acids is 3. The van der Waals surface area contributed by atoms with Gasteiger partial charge in [-0.05, 0) is 29.5 Å². The third kappa shape index (κ3) is 5.98. The van der Waals surface area contributed by atoms with Crippen LogP contribution >= 0.6 is 0 Å². The molecule has 0 bridgehead atoms. The summed E-state index contributed by atoms with van der Waals surface area (Å²) in [6.45, 7) is 4.84. The molecule has 4 rings (SSSR count). The lowest BCUT2D eigenvalue weighted by Gasteiger charge is -2.28. The fourth-order valence-corrected chi connectivity index (χ4v) is 4.81. The number of hydrogen-bond acceptors (Lipinski definition) is 7. The minimum absolute atomic E-state index is 0.00818. The normalized spacial score (nSPS) is 21.2. The second-order valence-corrected chi connectivity index (χ2v) is 9.00. The Bertz CT molecular complexity index is 1010. The highest BCUT2D eigenvalue weighted by Crippen LogP contribution is 2.32. The van der Waals surface area contributed by atoms with Crippen molar-refractivity contribution in [1.29, 1.82) is 0 Å². The lowest BCUT2D eigenvalue weighted by atomic mass is 9.97. The highest BCUT2D eigenvalue weighted by Gasteiger charge is 2.40. The molecule has 35 heavy (non-hydrogen) atoms. The smallest absolute Gasteiger partial charge is 0.305 e. The van der Waals surface area contributed by atoms with Crippen molar-refractivity contribution in [3.8, 4) is 0 Å². The first-order valence-electron chi connectivity index (χ1n) is 12.0. The fraction of sp³-hybridized carbons (Fsp3) is 0.500. The summed E-state index contributed by atoms with van der Waals surface area (Å²) in [5.41, 5.74) is 9.33. The third-order valence-corrected chi connectivity index (χ3v) is 6.81. The zero-order valence-electron chi connectivity index (χ0n) is 20.1. The molecule has 2 unspecified atom stereocenters. The Morgan fingerprint density at radius 1 is 1.20 bits per heavy atom. The van der Waals surface area contributed by atoms with Crippen LogP contribution in [0.5, 0.6) is 0 Å². The Balaban J connectivity index is 1.42. The molecular weight excluding hydrogens is 450 g/mol. The van der Waals surface area contributed by atoms with E-state index in [2.05, 4.69) is 21.8 Å². The van der Waals surface area contributed by atoms with Crippen LogP contribution in [0, 0.1) is 0 Å². The van der Waals surface area contributed by atoms with Crippen molar-refractivity contribution in [3.05, 3.63) is 58.7 Å². The Morgan fingerprint density at radius 3 is 2.66 bits per heavy atom. The summed E-state index contributed by atoms with van der Waals surface area (Å²) < 4.78 is 16.5.